The van der Waals surface area contributed by atoms with Gasteiger partial charge in [0.2, 0.25) is 0 Å². The second kappa shape index (κ2) is 9.43. The first-order valence-corrected chi connectivity index (χ1v) is 11.8. The lowest BCUT2D eigenvalue weighted by Crippen LogP contribution is -2.14. The number of thiazole rings is 1. The summed E-state index contributed by atoms with van der Waals surface area (Å²) in [6, 6.07) is 9.07. The van der Waals surface area contributed by atoms with Gasteiger partial charge in [-0.05, 0) is 74.7 Å². The van der Waals surface area contributed by atoms with Crippen LogP contribution in [0, 0.1) is 27.7 Å². The Labute approximate surface area is 208 Å². The zero-order chi connectivity index (χ0) is 25.5. The molecule has 0 spiro atoms. The van der Waals surface area contributed by atoms with Gasteiger partial charge in [0, 0.05) is 16.3 Å². The third-order valence-electron chi connectivity index (χ3n) is 5.68. The highest BCUT2D eigenvalue weighted by atomic mass is 35.5. The Morgan fingerprint density at radius 1 is 1.09 bits per heavy atom. The maximum Gasteiger partial charge on any atom is 0.416 e. The Balaban J connectivity index is 1.54. The fourth-order valence-electron chi connectivity index (χ4n) is 3.50. The molecule has 2 aromatic heterocycles. The number of aryl methyl sites for hydroxylation is 3. The number of alkyl halides is 3. The van der Waals surface area contributed by atoms with Crippen LogP contribution in [0.2, 0.25) is 5.02 Å². The first kappa shape index (κ1) is 24.9. The molecular formula is C24H21ClF3N5OS. The number of aromatic nitrogens is 4. The number of benzene rings is 2. The number of anilines is 1. The van der Waals surface area contributed by atoms with Crippen LogP contribution in [-0.4, -0.2) is 25.9 Å². The van der Waals surface area contributed by atoms with Crippen molar-refractivity contribution in [2.45, 2.75) is 40.3 Å². The lowest BCUT2D eigenvalue weighted by atomic mass is 10.1. The minimum Gasteiger partial charge on any atom is -0.296 e. The van der Waals surface area contributed by atoms with Crippen LogP contribution < -0.4 is 5.32 Å². The number of hydrogen-bond acceptors (Lipinski definition) is 5. The molecule has 0 unspecified atom stereocenters. The molecular weight excluding hydrogens is 499 g/mol. The lowest BCUT2D eigenvalue weighted by Gasteiger charge is -2.10. The predicted molar refractivity (Wildman–Crippen MR) is 130 cm³/mol. The van der Waals surface area contributed by atoms with Crippen LogP contribution in [-0.2, 0) is 12.6 Å². The average molecular weight is 520 g/mol. The molecule has 0 bridgehead atoms. The molecule has 0 saturated carbocycles. The van der Waals surface area contributed by atoms with Gasteiger partial charge in [0.25, 0.3) is 5.91 Å². The van der Waals surface area contributed by atoms with Gasteiger partial charge in [-0.2, -0.15) is 13.2 Å². The number of carbonyl (C=O) groups is 1. The quantitative estimate of drug-likeness (QED) is 0.328. The minimum atomic E-state index is -4.46. The first-order valence-electron chi connectivity index (χ1n) is 10.6. The van der Waals surface area contributed by atoms with Crippen LogP contribution in [0.5, 0.6) is 0 Å². The van der Waals surface area contributed by atoms with E-state index < -0.39 is 17.6 Å². The first-order chi connectivity index (χ1) is 16.4. The molecule has 0 aliphatic rings. The zero-order valence-corrected chi connectivity index (χ0v) is 20.9. The van der Waals surface area contributed by atoms with Crippen LogP contribution >= 0.6 is 22.9 Å². The number of carbonyl (C=O) groups excluding carboxylic acids is 1. The normalized spacial score (nSPS) is 11.7. The molecule has 0 aliphatic carbocycles. The molecule has 4 aromatic rings. The predicted octanol–water partition coefficient (Wildman–Crippen LogP) is 6.47. The molecule has 0 fully saturated rings. The van der Waals surface area contributed by atoms with Gasteiger partial charge in [-0.1, -0.05) is 22.9 Å². The van der Waals surface area contributed by atoms with Crippen LogP contribution in [0.1, 0.15) is 49.0 Å². The van der Waals surface area contributed by atoms with Gasteiger partial charge in [-0.15, -0.1) is 16.4 Å². The highest BCUT2D eigenvalue weighted by Gasteiger charge is 2.31. The van der Waals surface area contributed by atoms with Crippen molar-refractivity contribution < 1.29 is 18.0 Å². The van der Waals surface area contributed by atoms with Gasteiger partial charge in [0.05, 0.1) is 22.6 Å². The Kier molecular flexibility index (Phi) is 6.70. The number of hydrogen-bond donors (Lipinski definition) is 1. The average Bonchev–Trinajstić information content (AvgIpc) is 3.32. The molecule has 1 N–H and O–H groups in total. The van der Waals surface area contributed by atoms with Gasteiger partial charge in [-0.3, -0.25) is 10.1 Å². The van der Waals surface area contributed by atoms with E-state index >= 15 is 0 Å². The Morgan fingerprint density at radius 2 is 1.83 bits per heavy atom. The van der Waals surface area contributed by atoms with E-state index in [0.29, 0.717) is 27.0 Å². The zero-order valence-electron chi connectivity index (χ0n) is 19.3. The molecule has 0 saturated heterocycles. The Morgan fingerprint density at radius 3 is 2.51 bits per heavy atom. The number of nitrogens with zero attached hydrogens (tertiary/aromatic N) is 4. The van der Waals surface area contributed by atoms with E-state index in [2.05, 4.69) is 20.6 Å². The highest BCUT2D eigenvalue weighted by molar-refractivity contribution is 7.15. The molecule has 182 valence electrons. The summed E-state index contributed by atoms with van der Waals surface area (Å²) in [5.41, 5.74) is 3.90. The molecule has 11 heteroatoms. The van der Waals surface area contributed by atoms with Gasteiger partial charge in [-0.25, -0.2) is 9.67 Å². The maximum atomic E-state index is 13.1. The van der Waals surface area contributed by atoms with Gasteiger partial charge < -0.3 is 0 Å². The van der Waals surface area contributed by atoms with Gasteiger partial charge >= 0.3 is 6.18 Å². The maximum absolute atomic E-state index is 13.1. The van der Waals surface area contributed by atoms with Crippen molar-refractivity contribution in [2.75, 3.05) is 5.32 Å². The van der Waals surface area contributed by atoms with E-state index in [4.69, 9.17) is 11.6 Å². The summed E-state index contributed by atoms with van der Waals surface area (Å²) in [5, 5.41) is 11.4. The number of halogens is 4. The summed E-state index contributed by atoms with van der Waals surface area (Å²) in [4.78, 5) is 17.9. The van der Waals surface area contributed by atoms with E-state index in [-0.39, 0.29) is 17.1 Å². The molecule has 0 atom stereocenters. The van der Waals surface area contributed by atoms with Gasteiger partial charge in [0.1, 0.15) is 0 Å². The summed E-state index contributed by atoms with van der Waals surface area (Å²) in [6.07, 6.45) is -4.31. The summed E-state index contributed by atoms with van der Waals surface area (Å²) >= 11 is 7.31. The van der Waals surface area contributed by atoms with Crippen molar-refractivity contribution in [2.24, 2.45) is 0 Å². The molecule has 35 heavy (non-hydrogen) atoms. The largest absolute Gasteiger partial charge is 0.416 e. The van der Waals surface area contributed by atoms with Crippen LogP contribution in [0.15, 0.2) is 36.4 Å². The second-order valence-electron chi connectivity index (χ2n) is 8.17. The summed E-state index contributed by atoms with van der Waals surface area (Å²) in [7, 11) is 0. The van der Waals surface area contributed by atoms with Gasteiger partial charge in [0.15, 0.2) is 10.8 Å². The molecule has 6 nitrogen and oxygen atoms in total. The molecule has 1 amide bonds. The van der Waals surface area contributed by atoms with Crippen LogP contribution in [0.25, 0.3) is 5.69 Å². The Bertz CT molecular complexity index is 1430. The van der Waals surface area contributed by atoms with Crippen molar-refractivity contribution in [3.8, 4) is 5.69 Å². The third-order valence-corrected chi connectivity index (χ3v) is 7.12. The Hall–Kier alpha value is -3.24. The smallest absolute Gasteiger partial charge is 0.296 e. The third kappa shape index (κ3) is 5.23. The van der Waals surface area contributed by atoms with Crippen LogP contribution in [0.3, 0.4) is 0 Å². The molecule has 4 rings (SSSR count). The topological polar surface area (TPSA) is 72.7 Å². The minimum absolute atomic E-state index is 0.151. The number of rotatable bonds is 5. The number of amides is 1. The van der Waals surface area contributed by atoms with Crippen molar-refractivity contribution in [1.82, 2.24) is 20.0 Å². The number of nitrogens with one attached hydrogen (secondary N) is 1. The van der Waals surface area contributed by atoms with Crippen molar-refractivity contribution in [1.29, 1.82) is 0 Å². The summed E-state index contributed by atoms with van der Waals surface area (Å²) < 4.78 is 40.9. The fourth-order valence-corrected chi connectivity index (χ4v) is 4.67. The molecule has 0 radical (unpaired) electrons. The fraction of sp³-hybridized carbons (Fsp3) is 0.250. The van der Waals surface area contributed by atoms with E-state index in [1.807, 2.05) is 32.0 Å². The SMILES string of the molecule is Cc1ccc(-n2nnc(C(=O)Nc3nc(C)c(Cc4cc(C(F)(F)F)ccc4Cl)s3)c2C)cc1C. The van der Waals surface area contributed by atoms with E-state index in [9.17, 15) is 18.0 Å². The summed E-state index contributed by atoms with van der Waals surface area (Å²) in [6.45, 7) is 7.48. The van der Waals surface area contributed by atoms with Crippen LogP contribution in [0.4, 0.5) is 18.3 Å². The van der Waals surface area contributed by atoms with E-state index in [1.165, 1.54) is 17.4 Å². The lowest BCUT2D eigenvalue weighted by molar-refractivity contribution is -0.137. The van der Waals surface area contributed by atoms with E-state index in [0.717, 1.165) is 28.9 Å². The summed E-state index contributed by atoms with van der Waals surface area (Å²) in [5.74, 6) is -0.477. The van der Waals surface area contributed by atoms with E-state index in [1.54, 1.807) is 18.5 Å². The van der Waals surface area contributed by atoms with Crippen molar-refractivity contribution >= 4 is 34.0 Å². The second-order valence-corrected chi connectivity index (χ2v) is 9.66. The standard InChI is InChI=1S/C24H21ClF3N5OS/c1-12-5-7-18(9-13(12)2)33-15(4)21(31-32-33)22(34)30-23-29-14(3)20(35-23)11-16-10-17(24(26,27)28)6-8-19(16)25/h5-10H,11H2,1-4H3,(H,29,30,34). The van der Waals surface area contributed by atoms with Crippen molar-refractivity contribution in [3.63, 3.8) is 0 Å². The molecule has 0 aliphatic heterocycles. The molecule has 2 heterocycles. The highest BCUT2D eigenvalue weighted by Crippen LogP contribution is 2.34. The van der Waals surface area contributed by atoms with Crippen molar-refractivity contribution in [3.05, 3.63) is 85.6 Å². The molecule has 2 aromatic carbocycles. The monoisotopic (exact) mass is 519 g/mol.